The van der Waals surface area contributed by atoms with Crippen molar-refractivity contribution >= 4 is 5.97 Å². The first-order valence-corrected chi connectivity index (χ1v) is 5.26. The van der Waals surface area contributed by atoms with Gasteiger partial charge in [0.2, 0.25) is 0 Å². The molecule has 0 spiro atoms. The number of halogens is 1. The van der Waals surface area contributed by atoms with Gasteiger partial charge in [-0.1, -0.05) is 17.7 Å². The maximum Gasteiger partial charge on any atom is 0.309 e. The van der Waals surface area contributed by atoms with Crippen LogP contribution in [0.25, 0.3) is 0 Å². The van der Waals surface area contributed by atoms with Crippen molar-refractivity contribution in [3.05, 3.63) is 35.1 Å². The molecule has 0 amide bonds. The highest BCUT2D eigenvalue weighted by Gasteiger charge is 2.32. The fraction of sp³-hybridized carbons (Fsp3) is 0.417. The lowest BCUT2D eigenvalue weighted by Gasteiger charge is -2.36. The lowest BCUT2D eigenvalue weighted by Crippen LogP contribution is -2.49. The Labute approximate surface area is 93.5 Å². The second-order valence-electron chi connectivity index (χ2n) is 4.32. The van der Waals surface area contributed by atoms with Crippen LogP contribution in [0.5, 0.6) is 0 Å². The van der Waals surface area contributed by atoms with Crippen molar-refractivity contribution in [3.8, 4) is 0 Å². The molecule has 0 saturated carbocycles. The van der Waals surface area contributed by atoms with E-state index in [1.165, 1.54) is 6.07 Å². The molecule has 0 aliphatic carbocycles. The van der Waals surface area contributed by atoms with Gasteiger partial charge in [-0.2, -0.15) is 0 Å². The highest BCUT2D eigenvalue weighted by atomic mass is 19.1. The lowest BCUT2D eigenvalue weighted by atomic mass is 9.99. The van der Waals surface area contributed by atoms with Crippen molar-refractivity contribution in [1.29, 1.82) is 0 Å². The number of carbonyl (C=O) groups is 1. The summed E-state index contributed by atoms with van der Waals surface area (Å²) in [5, 5.41) is 8.72. The summed E-state index contributed by atoms with van der Waals surface area (Å²) in [5.74, 6) is -1.27. The van der Waals surface area contributed by atoms with Crippen LogP contribution in [0.1, 0.15) is 11.1 Å². The van der Waals surface area contributed by atoms with E-state index in [2.05, 4.69) is 0 Å². The number of carboxylic acids is 1. The van der Waals surface area contributed by atoms with Crippen molar-refractivity contribution < 1.29 is 14.3 Å². The molecule has 0 radical (unpaired) electrons. The number of rotatable bonds is 3. The summed E-state index contributed by atoms with van der Waals surface area (Å²) in [5.41, 5.74) is 1.66. The van der Waals surface area contributed by atoms with E-state index in [-0.39, 0.29) is 11.7 Å². The van der Waals surface area contributed by atoms with Crippen molar-refractivity contribution in [2.45, 2.75) is 13.5 Å². The van der Waals surface area contributed by atoms with Gasteiger partial charge in [-0.25, -0.2) is 4.39 Å². The van der Waals surface area contributed by atoms with Crippen molar-refractivity contribution in [1.82, 2.24) is 4.90 Å². The Morgan fingerprint density at radius 1 is 1.56 bits per heavy atom. The average molecular weight is 223 g/mol. The number of carboxylic acid groups (broad SMARTS) is 1. The average Bonchev–Trinajstić information content (AvgIpc) is 2.15. The molecule has 4 heteroatoms. The minimum absolute atomic E-state index is 0.218. The quantitative estimate of drug-likeness (QED) is 0.847. The van der Waals surface area contributed by atoms with Gasteiger partial charge in [0.25, 0.3) is 0 Å². The minimum atomic E-state index is -0.763. The molecule has 1 aliphatic heterocycles. The Hall–Kier alpha value is -1.42. The highest BCUT2D eigenvalue weighted by molar-refractivity contribution is 5.71. The van der Waals surface area contributed by atoms with Gasteiger partial charge in [0, 0.05) is 25.2 Å². The summed E-state index contributed by atoms with van der Waals surface area (Å²) in [6.07, 6.45) is 0. The standard InChI is InChI=1S/C12H14FNO2/c1-8-2-3-11(13)9(4-8)5-14-6-10(7-14)12(15)16/h2-4,10H,5-7H2,1H3,(H,15,16). The van der Waals surface area contributed by atoms with E-state index in [0.717, 1.165) is 5.56 Å². The molecule has 3 nitrogen and oxygen atoms in total. The van der Waals surface area contributed by atoms with Gasteiger partial charge in [-0.15, -0.1) is 0 Å². The largest absolute Gasteiger partial charge is 0.481 e. The van der Waals surface area contributed by atoms with Gasteiger partial charge in [0.15, 0.2) is 0 Å². The van der Waals surface area contributed by atoms with Gasteiger partial charge in [-0.3, -0.25) is 9.69 Å². The number of aliphatic carboxylic acids is 1. The van der Waals surface area contributed by atoms with Crippen LogP contribution in [-0.2, 0) is 11.3 Å². The molecule has 0 atom stereocenters. The molecule has 0 aromatic heterocycles. The molecular formula is C12H14FNO2. The highest BCUT2D eigenvalue weighted by Crippen LogP contribution is 2.20. The van der Waals surface area contributed by atoms with E-state index in [9.17, 15) is 9.18 Å². The monoisotopic (exact) mass is 223 g/mol. The predicted molar refractivity (Wildman–Crippen MR) is 57.5 cm³/mol. The number of likely N-dealkylation sites (tertiary alicyclic amines) is 1. The van der Waals surface area contributed by atoms with E-state index < -0.39 is 5.97 Å². The van der Waals surface area contributed by atoms with Gasteiger partial charge in [-0.05, 0) is 13.0 Å². The van der Waals surface area contributed by atoms with Gasteiger partial charge < -0.3 is 5.11 Å². The number of benzene rings is 1. The molecule has 1 aliphatic rings. The zero-order valence-corrected chi connectivity index (χ0v) is 9.11. The Morgan fingerprint density at radius 2 is 2.25 bits per heavy atom. The molecule has 86 valence electrons. The van der Waals surface area contributed by atoms with E-state index in [0.29, 0.717) is 25.2 Å². The van der Waals surface area contributed by atoms with E-state index in [1.54, 1.807) is 6.07 Å². The molecule has 1 saturated heterocycles. The van der Waals surface area contributed by atoms with Crippen LogP contribution < -0.4 is 0 Å². The summed E-state index contributed by atoms with van der Waals surface area (Å²) in [4.78, 5) is 12.5. The normalized spacial score (nSPS) is 17.1. The summed E-state index contributed by atoms with van der Waals surface area (Å²) in [7, 11) is 0. The third-order valence-corrected chi connectivity index (χ3v) is 2.90. The van der Waals surface area contributed by atoms with Crippen molar-refractivity contribution in [2.75, 3.05) is 13.1 Å². The summed E-state index contributed by atoms with van der Waals surface area (Å²) < 4.78 is 13.4. The molecule has 1 fully saturated rings. The number of hydrogen-bond acceptors (Lipinski definition) is 2. The Bertz CT molecular complexity index is 413. The first kappa shape index (κ1) is 11.1. The topological polar surface area (TPSA) is 40.5 Å². The maximum atomic E-state index is 13.4. The summed E-state index contributed by atoms with van der Waals surface area (Å²) in [6, 6.07) is 5.00. The molecule has 1 aromatic rings. The number of aryl methyl sites for hydroxylation is 1. The van der Waals surface area contributed by atoms with E-state index in [1.807, 2.05) is 17.9 Å². The molecule has 1 N–H and O–H groups in total. The zero-order chi connectivity index (χ0) is 11.7. The maximum absolute atomic E-state index is 13.4. The second-order valence-corrected chi connectivity index (χ2v) is 4.32. The van der Waals surface area contributed by atoms with Crippen LogP contribution in [0.15, 0.2) is 18.2 Å². The van der Waals surface area contributed by atoms with Crippen LogP contribution in [0.4, 0.5) is 4.39 Å². The molecule has 1 aromatic carbocycles. The summed E-state index contributed by atoms with van der Waals surface area (Å²) in [6.45, 7) is 3.45. The van der Waals surface area contributed by atoms with E-state index in [4.69, 9.17) is 5.11 Å². The fourth-order valence-electron chi connectivity index (χ4n) is 1.92. The molecular weight excluding hydrogens is 209 g/mol. The summed E-state index contributed by atoms with van der Waals surface area (Å²) >= 11 is 0. The number of nitrogens with zero attached hydrogens (tertiary/aromatic N) is 1. The third kappa shape index (κ3) is 2.22. The van der Waals surface area contributed by atoms with Crippen LogP contribution in [0, 0.1) is 18.7 Å². The van der Waals surface area contributed by atoms with Crippen molar-refractivity contribution in [2.24, 2.45) is 5.92 Å². The third-order valence-electron chi connectivity index (χ3n) is 2.90. The molecule has 2 rings (SSSR count). The van der Waals surface area contributed by atoms with Crippen LogP contribution in [0.3, 0.4) is 0 Å². The Balaban J connectivity index is 1.96. The second kappa shape index (κ2) is 4.22. The Kier molecular flexibility index (Phi) is 2.92. The predicted octanol–water partition coefficient (Wildman–Crippen LogP) is 1.65. The van der Waals surface area contributed by atoms with Crippen LogP contribution >= 0.6 is 0 Å². The number of hydrogen-bond donors (Lipinski definition) is 1. The lowest BCUT2D eigenvalue weighted by molar-refractivity contribution is -0.147. The fourth-order valence-corrected chi connectivity index (χ4v) is 1.92. The zero-order valence-electron chi connectivity index (χ0n) is 9.11. The minimum Gasteiger partial charge on any atom is -0.481 e. The van der Waals surface area contributed by atoms with Gasteiger partial charge in [0.05, 0.1) is 5.92 Å². The molecule has 0 bridgehead atoms. The van der Waals surface area contributed by atoms with E-state index >= 15 is 0 Å². The smallest absolute Gasteiger partial charge is 0.309 e. The SMILES string of the molecule is Cc1ccc(F)c(CN2CC(C(=O)O)C2)c1. The molecule has 16 heavy (non-hydrogen) atoms. The molecule has 0 unspecified atom stereocenters. The van der Waals surface area contributed by atoms with Crippen LogP contribution in [-0.4, -0.2) is 29.1 Å². The molecule has 1 heterocycles. The first-order chi connectivity index (χ1) is 7.56. The van der Waals surface area contributed by atoms with Gasteiger partial charge >= 0.3 is 5.97 Å². The van der Waals surface area contributed by atoms with Gasteiger partial charge in [0.1, 0.15) is 5.82 Å². The Morgan fingerprint density at radius 3 is 2.88 bits per heavy atom. The first-order valence-electron chi connectivity index (χ1n) is 5.26. The van der Waals surface area contributed by atoms with Crippen LogP contribution in [0.2, 0.25) is 0 Å². The van der Waals surface area contributed by atoms with Crippen molar-refractivity contribution in [3.63, 3.8) is 0 Å².